The second-order valence-corrected chi connectivity index (χ2v) is 9.08. The van der Waals surface area contributed by atoms with Crippen molar-refractivity contribution in [3.63, 3.8) is 0 Å². The minimum absolute atomic E-state index is 0.0401. The molecule has 2 aromatic heterocycles. The molecule has 0 amide bonds. The first-order valence-electron chi connectivity index (χ1n) is 9.63. The summed E-state index contributed by atoms with van der Waals surface area (Å²) in [5.41, 5.74) is 4.53. The molecule has 0 aliphatic rings. The van der Waals surface area contributed by atoms with E-state index < -0.39 is 15.8 Å². The number of fused-ring (bicyclic) bond motifs is 1. The molecule has 9 heteroatoms. The topological polar surface area (TPSA) is 95.5 Å². The van der Waals surface area contributed by atoms with E-state index in [2.05, 4.69) is 9.29 Å². The van der Waals surface area contributed by atoms with Crippen LogP contribution in [0.5, 0.6) is 5.75 Å². The Bertz CT molecular complexity index is 1430. The number of hydrogen-bond acceptors (Lipinski definition) is 5. The van der Waals surface area contributed by atoms with Gasteiger partial charge in [0, 0.05) is 36.7 Å². The summed E-state index contributed by atoms with van der Waals surface area (Å²) in [7, 11) is -0.606. The highest BCUT2D eigenvalue weighted by Gasteiger charge is 2.18. The number of rotatable bonds is 6. The smallest absolute Gasteiger partial charge is 0.419 e. The Labute approximate surface area is 179 Å². The lowest BCUT2D eigenvalue weighted by Gasteiger charge is -2.11. The number of ether oxygens (including phenoxy) is 1. The second kappa shape index (κ2) is 7.75. The first kappa shape index (κ1) is 21.0. The Morgan fingerprint density at radius 1 is 1.06 bits per heavy atom. The molecule has 0 spiro atoms. The molecule has 0 bridgehead atoms. The minimum Gasteiger partial charge on any atom is -0.497 e. The van der Waals surface area contributed by atoms with E-state index in [0.717, 1.165) is 28.4 Å². The first-order chi connectivity index (χ1) is 14.7. The minimum atomic E-state index is -3.79. The highest BCUT2D eigenvalue weighted by molar-refractivity contribution is 7.89. The maximum Gasteiger partial charge on any atom is 0.419 e. The Kier molecular flexibility index (Phi) is 5.24. The van der Waals surface area contributed by atoms with E-state index in [4.69, 9.17) is 9.15 Å². The van der Waals surface area contributed by atoms with Crippen LogP contribution in [-0.4, -0.2) is 24.7 Å². The van der Waals surface area contributed by atoms with Gasteiger partial charge in [-0.3, -0.25) is 4.57 Å². The normalized spacial score (nSPS) is 11.9. The van der Waals surface area contributed by atoms with E-state index in [0.29, 0.717) is 5.52 Å². The van der Waals surface area contributed by atoms with E-state index >= 15 is 0 Å². The summed E-state index contributed by atoms with van der Waals surface area (Å²) in [6.45, 7) is 4.06. The third kappa shape index (κ3) is 3.77. The highest BCUT2D eigenvalue weighted by atomic mass is 32.2. The van der Waals surface area contributed by atoms with Crippen LogP contribution in [-0.2, 0) is 23.6 Å². The number of nitrogens with zero attached hydrogens (tertiary/aromatic N) is 2. The van der Waals surface area contributed by atoms with Crippen LogP contribution in [0, 0.1) is 13.8 Å². The van der Waals surface area contributed by atoms with Crippen LogP contribution in [0.4, 0.5) is 0 Å². The molecule has 0 fully saturated rings. The Hall–Kier alpha value is -3.30. The third-order valence-electron chi connectivity index (χ3n) is 5.39. The Morgan fingerprint density at radius 3 is 2.45 bits per heavy atom. The molecule has 2 heterocycles. The lowest BCUT2D eigenvalue weighted by Crippen LogP contribution is -2.23. The van der Waals surface area contributed by atoms with Gasteiger partial charge in [-0.1, -0.05) is 0 Å². The number of benzene rings is 2. The van der Waals surface area contributed by atoms with Crippen LogP contribution in [0.3, 0.4) is 0 Å². The van der Waals surface area contributed by atoms with Gasteiger partial charge in [-0.2, -0.15) is 0 Å². The van der Waals surface area contributed by atoms with Gasteiger partial charge in [-0.25, -0.2) is 17.9 Å². The average molecular weight is 442 g/mol. The fourth-order valence-electron chi connectivity index (χ4n) is 3.67. The monoisotopic (exact) mass is 441 g/mol. The summed E-state index contributed by atoms with van der Waals surface area (Å²) in [6, 6.07) is 14.0. The predicted molar refractivity (Wildman–Crippen MR) is 117 cm³/mol. The fourth-order valence-corrected chi connectivity index (χ4v) is 4.70. The van der Waals surface area contributed by atoms with Gasteiger partial charge < -0.3 is 13.7 Å². The Balaban J connectivity index is 1.59. The summed E-state index contributed by atoms with van der Waals surface area (Å²) in [5.74, 6) is 0.230. The number of methoxy groups -OCH3 is 1. The molecule has 8 nitrogen and oxygen atoms in total. The molecule has 0 aliphatic carbocycles. The number of aryl methyl sites for hydroxylation is 2. The summed E-state index contributed by atoms with van der Waals surface area (Å²) in [5, 5.41) is 0. The van der Waals surface area contributed by atoms with Gasteiger partial charge in [0.1, 0.15) is 5.75 Å². The molecule has 162 valence electrons. The average Bonchev–Trinajstić information content (AvgIpc) is 3.20. The van der Waals surface area contributed by atoms with E-state index in [9.17, 15) is 13.2 Å². The van der Waals surface area contributed by atoms with Crippen molar-refractivity contribution in [2.75, 3.05) is 7.11 Å². The standard InChI is InChI=1S/C22H23N3O5S/c1-14-11-16(15(2)25(14)17-5-7-18(29-4)8-6-17)13-23-31(27,28)19-9-10-20-21(12-19)30-22(26)24(20)3/h5-12,23H,13H2,1-4H3. The molecule has 0 saturated heterocycles. The Morgan fingerprint density at radius 2 is 1.77 bits per heavy atom. The molecule has 0 saturated carbocycles. The van der Waals surface area contributed by atoms with Crippen molar-refractivity contribution < 1.29 is 17.6 Å². The molecule has 0 aliphatic heterocycles. The number of aromatic nitrogens is 2. The van der Waals surface area contributed by atoms with Gasteiger partial charge in [0.15, 0.2) is 5.58 Å². The van der Waals surface area contributed by atoms with Crippen molar-refractivity contribution in [2.45, 2.75) is 25.3 Å². The van der Waals surface area contributed by atoms with Crippen molar-refractivity contribution in [2.24, 2.45) is 7.05 Å². The van der Waals surface area contributed by atoms with Gasteiger partial charge in [0.05, 0.1) is 17.5 Å². The molecule has 4 rings (SSSR count). The molecule has 0 atom stereocenters. The molecule has 2 aromatic carbocycles. The van der Waals surface area contributed by atoms with Gasteiger partial charge in [0.25, 0.3) is 0 Å². The van der Waals surface area contributed by atoms with Crippen LogP contribution in [0.15, 0.2) is 62.6 Å². The lowest BCUT2D eigenvalue weighted by atomic mass is 10.2. The molecule has 1 N–H and O–H groups in total. The number of hydrogen-bond donors (Lipinski definition) is 1. The zero-order valence-corrected chi connectivity index (χ0v) is 18.5. The number of sulfonamides is 1. The zero-order chi connectivity index (χ0) is 22.3. The SMILES string of the molecule is COc1ccc(-n2c(C)cc(CNS(=O)(=O)c3ccc4c(c3)oc(=O)n4C)c2C)cc1. The van der Waals surface area contributed by atoms with Gasteiger partial charge in [-0.05, 0) is 61.9 Å². The fraction of sp³-hybridized carbons (Fsp3) is 0.227. The van der Waals surface area contributed by atoms with Crippen LogP contribution in [0.2, 0.25) is 0 Å². The molecule has 4 aromatic rings. The van der Waals surface area contributed by atoms with Crippen molar-refractivity contribution in [3.05, 3.63) is 76.0 Å². The van der Waals surface area contributed by atoms with Gasteiger partial charge in [-0.15, -0.1) is 0 Å². The molecule has 0 radical (unpaired) electrons. The van der Waals surface area contributed by atoms with Crippen molar-refractivity contribution in [1.29, 1.82) is 0 Å². The van der Waals surface area contributed by atoms with Crippen molar-refractivity contribution >= 4 is 21.1 Å². The van der Waals surface area contributed by atoms with Gasteiger partial charge >= 0.3 is 5.76 Å². The molecular weight excluding hydrogens is 418 g/mol. The van der Waals surface area contributed by atoms with E-state index in [-0.39, 0.29) is 17.0 Å². The summed E-state index contributed by atoms with van der Waals surface area (Å²) >= 11 is 0. The summed E-state index contributed by atoms with van der Waals surface area (Å²) in [6.07, 6.45) is 0. The maximum absolute atomic E-state index is 12.8. The summed E-state index contributed by atoms with van der Waals surface area (Å²) in [4.78, 5) is 11.7. The largest absolute Gasteiger partial charge is 0.497 e. The van der Waals surface area contributed by atoms with E-state index in [1.807, 2.05) is 44.2 Å². The van der Waals surface area contributed by atoms with Crippen LogP contribution < -0.4 is 15.2 Å². The first-order valence-corrected chi connectivity index (χ1v) is 11.1. The van der Waals surface area contributed by atoms with Crippen LogP contribution >= 0.6 is 0 Å². The van der Waals surface area contributed by atoms with Crippen molar-refractivity contribution in [3.8, 4) is 11.4 Å². The quantitative estimate of drug-likeness (QED) is 0.496. The number of oxazole rings is 1. The molecule has 0 unspecified atom stereocenters. The lowest BCUT2D eigenvalue weighted by molar-refractivity contribution is 0.414. The third-order valence-corrected chi connectivity index (χ3v) is 6.79. The van der Waals surface area contributed by atoms with E-state index in [1.54, 1.807) is 20.2 Å². The summed E-state index contributed by atoms with van der Waals surface area (Å²) < 4.78 is 42.0. The van der Waals surface area contributed by atoms with Crippen LogP contribution in [0.1, 0.15) is 17.0 Å². The predicted octanol–water partition coefficient (Wildman–Crippen LogP) is 3.03. The molecular formula is C22H23N3O5S. The van der Waals surface area contributed by atoms with Gasteiger partial charge in [0.2, 0.25) is 10.0 Å². The van der Waals surface area contributed by atoms with Crippen molar-refractivity contribution in [1.82, 2.24) is 13.9 Å². The number of nitrogens with one attached hydrogen (secondary N) is 1. The zero-order valence-electron chi connectivity index (χ0n) is 17.7. The highest BCUT2D eigenvalue weighted by Crippen LogP contribution is 2.24. The maximum atomic E-state index is 12.8. The molecule has 31 heavy (non-hydrogen) atoms. The van der Waals surface area contributed by atoms with E-state index in [1.165, 1.54) is 16.7 Å². The van der Waals surface area contributed by atoms with Crippen LogP contribution in [0.25, 0.3) is 16.8 Å². The second-order valence-electron chi connectivity index (χ2n) is 7.31.